The molecular formula is C17H15NO3. The van der Waals surface area contributed by atoms with Crippen LogP contribution in [0.2, 0.25) is 0 Å². The Morgan fingerprint density at radius 2 is 1.90 bits per heavy atom. The zero-order valence-corrected chi connectivity index (χ0v) is 11.8. The maximum absolute atomic E-state index is 12.4. The first-order valence-corrected chi connectivity index (χ1v) is 6.64. The van der Waals surface area contributed by atoms with Gasteiger partial charge in [-0.15, -0.1) is 0 Å². The second kappa shape index (κ2) is 4.98. The maximum atomic E-state index is 12.4. The van der Waals surface area contributed by atoms with Crippen molar-refractivity contribution >= 4 is 22.6 Å². The molecule has 0 spiro atoms. The number of fused-ring (bicyclic) bond motifs is 1. The predicted molar refractivity (Wildman–Crippen MR) is 81.7 cm³/mol. The summed E-state index contributed by atoms with van der Waals surface area (Å²) in [5, 5.41) is 13.3. The molecular weight excluding hydrogens is 266 g/mol. The molecule has 0 saturated carbocycles. The van der Waals surface area contributed by atoms with Gasteiger partial charge in [0.25, 0.3) is 5.91 Å². The van der Waals surface area contributed by atoms with Crippen molar-refractivity contribution in [1.29, 1.82) is 0 Å². The van der Waals surface area contributed by atoms with Crippen LogP contribution in [0.4, 0.5) is 5.69 Å². The van der Waals surface area contributed by atoms with Crippen LogP contribution in [0.15, 0.2) is 47.1 Å². The van der Waals surface area contributed by atoms with Gasteiger partial charge in [-0.3, -0.25) is 4.79 Å². The van der Waals surface area contributed by atoms with Crippen molar-refractivity contribution in [3.05, 3.63) is 59.4 Å². The number of hydrogen-bond acceptors (Lipinski definition) is 3. The number of nitrogens with one attached hydrogen (secondary N) is 1. The largest absolute Gasteiger partial charge is 0.508 e. The van der Waals surface area contributed by atoms with E-state index in [9.17, 15) is 9.90 Å². The van der Waals surface area contributed by atoms with Gasteiger partial charge in [0, 0.05) is 11.1 Å². The van der Waals surface area contributed by atoms with E-state index < -0.39 is 0 Å². The summed E-state index contributed by atoms with van der Waals surface area (Å²) in [6, 6.07) is 10.8. The molecule has 0 aliphatic carbocycles. The Morgan fingerprint density at radius 3 is 2.71 bits per heavy atom. The fraction of sp³-hybridized carbons (Fsp3) is 0.118. The molecule has 2 aromatic carbocycles. The molecule has 1 heterocycles. The molecule has 1 aromatic heterocycles. The number of aryl methyl sites for hydroxylation is 2. The monoisotopic (exact) mass is 281 g/mol. The van der Waals surface area contributed by atoms with Gasteiger partial charge in [-0.05, 0) is 43.2 Å². The number of carbonyl (C=O) groups is 1. The van der Waals surface area contributed by atoms with Crippen molar-refractivity contribution < 1.29 is 14.3 Å². The van der Waals surface area contributed by atoms with Gasteiger partial charge in [-0.25, -0.2) is 0 Å². The average molecular weight is 281 g/mol. The van der Waals surface area contributed by atoms with E-state index in [1.807, 2.05) is 31.2 Å². The van der Waals surface area contributed by atoms with E-state index in [0.717, 1.165) is 10.9 Å². The summed E-state index contributed by atoms with van der Waals surface area (Å²) in [7, 11) is 0. The molecule has 2 N–H and O–H groups in total. The van der Waals surface area contributed by atoms with Crippen LogP contribution in [0.25, 0.3) is 11.0 Å². The summed E-state index contributed by atoms with van der Waals surface area (Å²) in [5.74, 6) is -0.00704. The molecule has 3 rings (SSSR count). The summed E-state index contributed by atoms with van der Waals surface area (Å²) < 4.78 is 5.38. The Bertz CT molecular complexity index is 833. The van der Waals surface area contributed by atoms with Crippen LogP contribution in [0.1, 0.15) is 21.5 Å². The SMILES string of the molecule is Cc1cc(NC(=O)c2coc3ccccc23)c(C)cc1O. The molecule has 0 atom stereocenters. The Hall–Kier alpha value is -2.75. The van der Waals surface area contributed by atoms with E-state index in [1.54, 1.807) is 19.1 Å². The lowest BCUT2D eigenvalue weighted by molar-refractivity contribution is 0.102. The minimum Gasteiger partial charge on any atom is -0.508 e. The van der Waals surface area contributed by atoms with E-state index in [4.69, 9.17) is 4.42 Å². The van der Waals surface area contributed by atoms with Gasteiger partial charge in [0.1, 0.15) is 17.6 Å². The standard InChI is InChI=1S/C17H15NO3/c1-10-8-15(19)11(2)7-14(10)18-17(20)13-9-21-16-6-4-3-5-12(13)16/h3-9,19H,1-2H3,(H,18,20). The van der Waals surface area contributed by atoms with E-state index in [2.05, 4.69) is 5.32 Å². The fourth-order valence-electron chi connectivity index (χ4n) is 2.28. The van der Waals surface area contributed by atoms with Gasteiger partial charge in [0.2, 0.25) is 0 Å². The number of furan rings is 1. The molecule has 0 aliphatic heterocycles. The number of carbonyl (C=O) groups excluding carboxylic acids is 1. The third-order valence-corrected chi connectivity index (χ3v) is 3.52. The highest BCUT2D eigenvalue weighted by Crippen LogP contribution is 2.27. The van der Waals surface area contributed by atoms with Gasteiger partial charge in [-0.1, -0.05) is 18.2 Å². The van der Waals surface area contributed by atoms with E-state index in [-0.39, 0.29) is 11.7 Å². The lowest BCUT2D eigenvalue weighted by Crippen LogP contribution is -2.12. The first kappa shape index (κ1) is 13.2. The highest BCUT2D eigenvalue weighted by atomic mass is 16.3. The number of amides is 1. The molecule has 1 amide bonds. The number of rotatable bonds is 2. The number of benzene rings is 2. The fourth-order valence-corrected chi connectivity index (χ4v) is 2.28. The van der Waals surface area contributed by atoms with Crippen molar-refractivity contribution in [3.8, 4) is 5.75 Å². The molecule has 4 heteroatoms. The third kappa shape index (κ3) is 2.36. The minimum atomic E-state index is -0.229. The summed E-state index contributed by atoms with van der Waals surface area (Å²) in [5.41, 5.74) is 3.38. The van der Waals surface area contributed by atoms with Crippen LogP contribution < -0.4 is 5.32 Å². The molecule has 21 heavy (non-hydrogen) atoms. The van der Waals surface area contributed by atoms with Crippen molar-refractivity contribution in [2.75, 3.05) is 5.32 Å². The number of phenolic OH excluding ortho intramolecular Hbond substituents is 1. The molecule has 106 valence electrons. The van der Waals surface area contributed by atoms with E-state index in [1.165, 1.54) is 6.26 Å². The lowest BCUT2D eigenvalue weighted by atomic mass is 10.1. The Balaban J connectivity index is 1.95. The molecule has 0 unspecified atom stereocenters. The second-order valence-electron chi connectivity index (χ2n) is 5.05. The highest BCUT2D eigenvalue weighted by molar-refractivity contribution is 6.12. The van der Waals surface area contributed by atoms with Gasteiger partial charge in [0.15, 0.2) is 0 Å². The van der Waals surface area contributed by atoms with Crippen molar-refractivity contribution in [1.82, 2.24) is 0 Å². The highest BCUT2D eigenvalue weighted by Gasteiger charge is 2.15. The van der Waals surface area contributed by atoms with Crippen LogP contribution in [0.5, 0.6) is 5.75 Å². The second-order valence-corrected chi connectivity index (χ2v) is 5.05. The maximum Gasteiger partial charge on any atom is 0.259 e. The Morgan fingerprint density at radius 1 is 1.14 bits per heavy atom. The minimum absolute atomic E-state index is 0.222. The van der Waals surface area contributed by atoms with Gasteiger partial charge in [-0.2, -0.15) is 0 Å². The molecule has 4 nitrogen and oxygen atoms in total. The molecule has 0 radical (unpaired) electrons. The Kier molecular flexibility index (Phi) is 3.14. The van der Waals surface area contributed by atoms with Crippen LogP contribution in [-0.2, 0) is 0 Å². The number of hydrogen-bond donors (Lipinski definition) is 2. The number of aromatic hydroxyl groups is 1. The number of anilines is 1. The number of phenols is 1. The van der Waals surface area contributed by atoms with Gasteiger partial charge in [0.05, 0.1) is 5.56 Å². The van der Waals surface area contributed by atoms with Gasteiger partial charge < -0.3 is 14.8 Å². The third-order valence-electron chi connectivity index (χ3n) is 3.52. The molecule has 0 bridgehead atoms. The predicted octanol–water partition coefficient (Wildman–Crippen LogP) is 4.01. The van der Waals surface area contributed by atoms with Crippen molar-refractivity contribution in [2.45, 2.75) is 13.8 Å². The normalized spacial score (nSPS) is 10.8. The van der Waals surface area contributed by atoms with Crippen LogP contribution >= 0.6 is 0 Å². The smallest absolute Gasteiger partial charge is 0.259 e. The zero-order chi connectivity index (χ0) is 15.0. The van der Waals surface area contributed by atoms with Crippen molar-refractivity contribution in [3.63, 3.8) is 0 Å². The van der Waals surface area contributed by atoms with Crippen LogP contribution in [0.3, 0.4) is 0 Å². The summed E-state index contributed by atoms with van der Waals surface area (Å²) in [6.07, 6.45) is 1.46. The van der Waals surface area contributed by atoms with Crippen LogP contribution in [0, 0.1) is 13.8 Å². The van der Waals surface area contributed by atoms with E-state index in [0.29, 0.717) is 22.4 Å². The first-order chi connectivity index (χ1) is 10.1. The summed E-state index contributed by atoms with van der Waals surface area (Å²) in [6.45, 7) is 3.62. The van der Waals surface area contributed by atoms with E-state index >= 15 is 0 Å². The topological polar surface area (TPSA) is 62.5 Å². The Labute approximate surface area is 122 Å². The quantitative estimate of drug-likeness (QED) is 0.698. The summed E-state index contributed by atoms with van der Waals surface area (Å²) in [4.78, 5) is 12.4. The van der Waals surface area contributed by atoms with Crippen LogP contribution in [-0.4, -0.2) is 11.0 Å². The first-order valence-electron chi connectivity index (χ1n) is 6.64. The molecule has 3 aromatic rings. The van der Waals surface area contributed by atoms with Gasteiger partial charge >= 0.3 is 0 Å². The molecule has 0 aliphatic rings. The van der Waals surface area contributed by atoms with Crippen molar-refractivity contribution in [2.24, 2.45) is 0 Å². The number of para-hydroxylation sites is 1. The molecule has 0 saturated heterocycles. The summed E-state index contributed by atoms with van der Waals surface area (Å²) >= 11 is 0. The lowest BCUT2D eigenvalue weighted by Gasteiger charge is -2.10. The zero-order valence-electron chi connectivity index (χ0n) is 11.8. The average Bonchev–Trinajstić information content (AvgIpc) is 2.88. The molecule has 0 fully saturated rings.